The minimum absolute atomic E-state index is 0.0842. The Labute approximate surface area is 139 Å². The third-order valence-electron chi connectivity index (χ3n) is 3.63. The van der Waals surface area contributed by atoms with Crippen LogP contribution in [0.3, 0.4) is 0 Å². The molecule has 0 spiro atoms. The van der Waals surface area contributed by atoms with Gasteiger partial charge in [0.2, 0.25) is 0 Å². The molecule has 6 nitrogen and oxygen atoms in total. The number of methoxy groups -OCH3 is 2. The number of ether oxygens (including phenoxy) is 2. The van der Waals surface area contributed by atoms with Gasteiger partial charge in [-0.3, -0.25) is 4.79 Å². The van der Waals surface area contributed by atoms with Gasteiger partial charge in [-0.25, -0.2) is 0 Å². The number of hydrogen-bond donors (Lipinski definition) is 3. The van der Waals surface area contributed by atoms with Gasteiger partial charge in [-0.1, -0.05) is 0 Å². The quantitative estimate of drug-likeness (QED) is 0.686. The molecule has 23 heavy (non-hydrogen) atoms. The summed E-state index contributed by atoms with van der Waals surface area (Å²) in [4.78, 5) is 15.5. The Hall–Kier alpha value is -1.86. The molecule has 0 saturated heterocycles. The minimum atomic E-state index is -0.259. The van der Waals surface area contributed by atoms with Crippen LogP contribution in [0.4, 0.5) is 0 Å². The van der Waals surface area contributed by atoms with E-state index in [2.05, 4.69) is 10.3 Å². The second kappa shape index (κ2) is 8.12. The van der Waals surface area contributed by atoms with E-state index in [9.17, 15) is 9.90 Å². The van der Waals surface area contributed by atoms with Crippen molar-refractivity contribution in [2.75, 3.05) is 32.8 Å². The number of fused-ring (bicyclic) bond motifs is 1. The van der Waals surface area contributed by atoms with Crippen LogP contribution in [0.1, 0.15) is 16.9 Å². The first kappa shape index (κ1) is 17.5. The van der Waals surface area contributed by atoms with Crippen molar-refractivity contribution in [3.63, 3.8) is 0 Å². The molecular weight excluding hydrogens is 316 g/mol. The third-order valence-corrected chi connectivity index (χ3v) is 4.27. The number of benzene rings is 1. The Balaban J connectivity index is 2.27. The highest BCUT2D eigenvalue weighted by molar-refractivity contribution is 7.98. The van der Waals surface area contributed by atoms with Crippen molar-refractivity contribution >= 4 is 28.6 Å². The van der Waals surface area contributed by atoms with Gasteiger partial charge in [0, 0.05) is 5.39 Å². The summed E-state index contributed by atoms with van der Waals surface area (Å²) in [5.41, 5.74) is 1.12. The molecule has 1 aromatic carbocycles. The second-order valence-electron chi connectivity index (χ2n) is 5.08. The molecule has 1 atom stereocenters. The van der Waals surface area contributed by atoms with E-state index in [1.165, 1.54) is 0 Å². The van der Waals surface area contributed by atoms with E-state index in [1.54, 1.807) is 44.2 Å². The van der Waals surface area contributed by atoms with E-state index >= 15 is 0 Å². The fourth-order valence-electron chi connectivity index (χ4n) is 2.37. The van der Waals surface area contributed by atoms with Gasteiger partial charge < -0.3 is 24.9 Å². The fourth-order valence-corrected chi connectivity index (χ4v) is 2.89. The first-order valence-corrected chi connectivity index (χ1v) is 8.68. The van der Waals surface area contributed by atoms with Gasteiger partial charge in [0.1, 0.15) is 17.2 Å². The molecule has 2 rings (SSSR count). The summed E-state index contributed by atoms with van der Waals surface area (Å²) < 4.78 is 10.6. The zero-order valence-electron chi connectivity index (χ0n) is 13.5. The number of carbonyl (C=O) groups excluding carboxylic acids is 1. The largest absolute Gasteiger partial charge is 0.496 e. The molecule has 0 bridgehead atoms. The summed E-state index contributed by atoms with van der Waals surface area (Å²) in [7, 11) is 3.16. The van der Waals surface area contributed by atoms with Crippen molar-refractivity contribution in [3.8, 4) is 11.5 Å². The molecule has 3 N–H and O–H groups in total. The van der Waals surface area contributed by atoms with Crippen LogP contribution >= 0.6 is 11.8 Å². The van der Waals surface area contributed by atoms with Gasteiger partial charge in [0.25, 0.3) is 5.91 Å². The predicted molar refractivity (Wildman–Crippen MR) is 92.7 cm³/mol. The Bertz CT molecular complexity index is 630. The average Bonchev–Trinajstić information content (AvgIpc) is 3.02. The van der Waals surface area contributed by atoms with Crippen LogP contribution in [0, 0.1) is 0 Å². The average molecular weight is 338 g/mol. The summed E-state index contributed by atoms with van der Waals surface area (Å²) in [6.45, 7) is -0.0842. The van der Waals surface area contributed by atoms with E-state index in [0.29, 0.717) is 22.7 Å². The number of aromatic nitrogens is 1. The highest BCUT2D eigenvalue weighted by Gasteiger charge is 2.17. The maximum absolute atomic E-state index is 12.4. The van der Waals surface area contributed by atoms with Crippen molar-refractivity contribution < 1.29 is 19.4 Å². The normalized spacial score (nSPS) is 12.2. The Morgan fingerprint density at radius 3 is 2.65 bits per heavy atom. The van der Waals surface area contributed by atoms with Crippen LogP contribution < -0.4 is 14.8 Å². The Morgan fingerprint density at radius 2 is 2.04 bits per heavy atom. The lowest BCUT2D eigenvalue weighted by Crippen LogP contribution is -2.38. The number of H-pyrrole nitrogens is 1. The van der Waals surface area contributed by atoms with Gasteiger partial charge in [-0.2, -0.15) is 11.8 Å². The van der Waals surface area contributed by atoms with Gasteiger partial charge in [-0.05, 0) is 36.6 Å². The molecule has 0 aliphatic heterocycles. The van der Waals surface area contributed by atoms with Crippen LogP contribution in [0.2, 0.25) is 0 Å². The molecular formula is C16H22N2O4S. The van der Waals surface area contributed by atoms with Crippen LogP contribution in [0.25, 0.3) is 10.9 Å². The molecule has 0 saturated carbocycles. The lowest BCUT2D eigenvalue weighted by Gasteiger charge is -2.14. The molecule has 126 valence electrons. The van der Waals surface area contributed by atoms with Crippen molar-refractivity contribution in [1.82, 2.24) is 10.3 Å². The third kappa shape index (κ3) is 3.92. The molecule has 0 aliphatic carbocycles. The number of rotatable bonds is 8. The van der Waals surface area contributed by atoms with Crippen LogP contribution in [-0.4, -0.2) is 54.9 Å². The standard InChI is InChI=1S/C16H22N2O4S/c1-21-13-4-5-14(22-2)15-11(13)8-12(18-15)16(20)17-10(9-19)6-7-23-3/h4-5,8,10,18-19H,6-7,9H2,1-3H3,(H,17,20). The van der Waals surface area contributed by atoms with Gasteiger partial charge in [0.05, 0.1) is 32.4 Å². The molecule has 0 aliphatic rings. The summed E-state index contributed by atoms with van der Waals surface area (Å²) >= 11 is 1.68. The number of hydrogen-bond acceptors (Lipinski definition) is 5. The van der Waals surface area contributed by atoms with Crippen LogP contribution in [0.5, 0.6) is 11.5 Å². The molecule has 0 radical (unpaired) electrons. The number of aliphatic hydroxyl groups excluding tert-OH is 1. The van der Waals surface area contributed by atoms with Gasteiger partial charge >= 0.3 is 0 Å². The van der Waals surface area contributed by atoms with E-state index in [1.807, 2.05) is 6.26 Å². The van der Waals surface area contributed by atoms with E-state index < -0.39 is 0 Å². The summed E-state index contributed by atoms with van der Waals surface area (Å²) in [5.74, 6) is 1.92. The monoisotopic (exact) mass is 338 g/mol. The van der Waals surface area contributed by atoms with Crippen LogP contribution in [-0.2, 0) is 0 Å². The number of carbonyl (C=O) groups is 1. The first-order chi connectivity index (χ1) is 11.1. The van der Waals surface area contributed by atoms with Crippen molar-refractivity contribution in [3.05, 3.63) is 23.9 Å². The predicted octanol–water partition coefficient (Wildman–Crippen LogP) is 2.03. The zero-order chi connectivity index (χ0) is 16.8. The first-order valence-electron chi connectivity index (χ1n) is 7.29. The SMILES string of the molecule is COc1ccc(OC)c2[nH]c(C(=O)NC(CO)CCSC)cc12. The van der Waals surface area contributed by atoms with Crippen molar-refractivity contribution in [2.45, 2.75) is 12.5 Å². The molecule has 1 unspecified atom stereocenters. The second-order valence-corrected chi connectivity index (χ2v) is 6.06. The lowest BCUT2D eigenvalue weighted by atomic mass is 10.2. The fraction of sp³-hybridized carbons (Fsp3) is 0.438. The maximum Gasteiger partial charge on any atom is 0.268 e. The van der Waals surface area contributed by atoms with Crippen molar-refractivity contribution in [2.24, 2.45) is 0 Å². The smallest absolute Gasteiger partial charge is 0.268 e. The molecule has 7 heteroatoms. The van der Waals surface area contributed by atoms with Crippen molar-refractivity contribution in [1.29, 1.82) is 0 Å². The molecule has 1 amide bonds. The zero-order valence-corrected chi connectivity index (χ0v) is 14.3. The summed E-state index contributed by atoms with van der Waals surface area (Å²) in [5, 5.41) is 13.0. The van der Waals surface area contributed by atoms with E-state index in [0.717, 1.165) is 17.6 Å². The van der Waals surface area contributed by atoms with E-state index in [4.69, 9.17) is 9.47 Å². The van der Waals surface area contributed by atoms with E-state index in [-0.39, 0.29) is 18.6 Å². The maximum atomic E-state index is 12.4. The molecule has 1 aromatic heterocycles. The molecule has 2 aromatic rings. The lowest BCUT2D eigenvalue weighted by molar-refractivity contribution is 0.0911. The minimum Gasteiger partial charge on any atom is -0.496 e. The van der Waals surface area contributed by atoms with Crippen LogP contribution in [0.15, 0.2) is 18.2 Å². The number of aromatic amines is 1. The highest BCUT2D eigenvalue weighted by Crippen LogP contribution is 2.33. The topological polar surface area (TPSA) is 83.6 Å². The summed E-state index contributed by atoms with van der Waals surface area (Å²) in [6, 6.07) is 5.06. The number of thioether (sulfide) groups is 1. The highest BCUT2D eigenvalue weighted by atomic mass is 32.2. The number of nitrogens with one attached hydrogen (secondary N) is 2. The van der Waals surface area contributed by atoms with Gasteiger partial charge in [-0.15, -0.1) is 0 Å². The molecule has 1 heterocycles. The Kier molecular flexibility index (Phi) is 6.18. The Morgan fingerprint density at radius 1 is 1.35 bits per heavy atom. The number of amides is 1. The number of aliphatic hydroxyl groups is 1. The molecule has 0 fully saturated rings. The van der Waals surface area contributed by atoms with Gasteiger partial charge in [0.15, 0.2) is 0 Å². The summed E-state index contributed by atoms with van der Waals surface area (Å²) in [6.07, 6.45) is 2.71.